The molecule has 1 aromatic carbocycles. The standard InChI is InChI=1S/C12H14IN5O/c1-18(2)12-16-10(15-11(14)17-12)7-19-9-6-4-3-5-8(9)13/h3-6H,7H2,1-2H3,(H2,14,15,16,17). The lowest BCUT2D eigenvalue weighted by Crippen LogP contribution is -2.17. The number of rotatable bonds is 4. The Bertz CT molecular complexity index is 576. The molecule has 0 atom stereocenters. The number of halogens is 1. The minimum Gasteiger partial charge on any atom is -0.484 e. The topological polar surface area (TPSA) is 77.2 Å². The summed E-state index contributed by atoms with van der Waals surface area (Å²) in [5.74, 6) is 2.03. The van der Waals surface area contributed by atoms with E-state index in [1.165, 1.54) is 0 Å². The third-order valence-corrected chi connectivity index (χ3v) is 3.17. The van der Waals surface area contributed by atoms with Gasteiger partial charge in [0.2, 0.25) is 11.9 Å². The number of nitrogens with two attached hydrogens (primary N) is 1. The van der Waals surface area contributed by atoms with Gasteiger partial charge in [-0.15, -0.1) is 0 Å². The number of nitrogen functional groups attached to an aromatic ring is 1. The number of para-hydroxylation sites is 1. The van der Waals surface area contributed by atoms with Crippen molar-refractivity contribution in [2.24, 2.45) is 0 Å². The van der Waals surface area contributed by atoms with Gasteiger partial charge in [-0.3, -0.25) is 0 Å². The lowest BCUT2D eigenvalue weighted by Gasteiger charge is -2.12. The van der Waals surface area contributed by atoms with E-state index in [1.54, 1.807) is 4.90 Å². The highest BCUT2D eigenvalue weighted by atomic mass is 127. The van der Waals surface area contributed by atoms with E-state index in [2.05, 4.69) is 37.5 Å². The first-order valence-corrected chi connectivity index (χ1v) is 6.69. The minimum absolute atomic E-state index is 0.194. The first-order valence-electron chi connectivity index (χ1n) is 5.61. The van der Waals surface area contributed by atoms with Gasteiger partial charge in [-0.1, -0.05) is 12.1 Å². The van der Waals surface area contributed by atoms with Gasteiger partial charge in [-0.2, -0.15) is 15.0 Å². The van der Waals surface area contributed by atoms with Crippen molar-refractivity contribution in [2.45, 2.75) is 6.61 Å². The quantitative estimate of drug-likeness (QED) is 0.825. The minimum atomic E-state index is 0.194. The van der Waals surface area contributed by atoms with Gasteiger partial charge >= 0.3 is 0 Å². The molecule has 0 saturated carbocycles. The maximum atomic E-state index is 5.68. The maximum Gasteiger partial charge on any atom is 0.230 e. The van der Waals surface area contributed by atoms with Gasteiger partial charge in [0.25, 0.3) is 0 Å². The predicted octanol–water partition coefficient (Wildman–Crippen LogP) is 1.70. The van der Waals surface area contributed by atoms with E-state index in [9.17, 15) is 0 Å². The second-order valence-corrected chi connectivity index (χ2v) is 5.19. The van der Waals surface area contributed by atoms with E-state index < -0.39 is 0 Å². The summed E-state index contributed by atoms with van der Waals surface area (Å²) in [5.41, 5.74) is 5.65. The summed E-state index contributed by atoms with van der Waals surface area (Å²) in [6, 6.07) is 7.76. The highest BCUT2D eigenvalue weighted by molar-refractivity contribution is 14.1. The van der Waals surface area contributed by atoms with Crippen LogP contribution in [0.2, 0.25) is 0 Å². The van der Waals surface area contributed by atoms with E-state index in [-0.39, 0.29) is 12.6 Å². The Kier molecular flexibility index (Phi) is 4.35. The van der Waals surface area contributed by atoms with E-state index >= 15 is 0 Å². The van der Waals surface area contributed by atoms with Crippen molar-refractivity contribution < 1.29 is 4.74 Å². The number of benzene rings is 1. The van der Waals surface area contributed by atoms with Crippen molar-refractivity contribution in [3.05, 3.63) is 33.7 Å². The van der Waals surface area contributed by atoms with Gasteiger partial charge in [0.15, 0.2) is 5.82 Å². The fourth-order valence-electron chi connectivity index (χ4n) is 1.39. The molecule has 0 amide bonds. The van der Waals surface area contributed by atoms with Crippen LogP contribution in [0.25, 0.3) is 0 Å². The van der Waals surface area contributed by atoms with Crippen LogP contribution in [0.5, 0.6) is 5.75 Å². The van der Waals surface area contributed by atoms with Crippen molar-refractivity contribution in [1.82, 2.24) is 15.0 Å². The van der Waals surface area contributed by atoms with Gasteiger partial charge < -0.3 is 15.4 Å². The molecule has 2 rings (SSSR count). The fraction of sp³-hybridized carbons (Fsp3) is 0.250. The SMILES string of the molecule is CN(C)c1nc(N)nc(COc2ccccc2I)n1. The number of hydrogen-bond acceptors (Lipinski definition) is 6. The van der Waals surface area contributed by atoms with E-state index in [0.29, 0.717) is 11.8 Å². The first-order chi connectivity index (χ1) is 9.06. The van der Waals surface area contributed by atoms with E-state index in [1.807, 2.05) is 38.4 Å². The van der Waals surface area contributed by atoms with Crippen LogP contribution in [0.4, 0.5) is 11.9 Å². The lowest BCUT2D eigenvalue weighted by molar-refractivity contribution is 0.293. The Balaban J connectivity index is 2.14. The third kappa shape index (κ3) is 3.66. The van der Waals surface area contributed by atoms with Crippen molar-refractivity contribution in [3.63, 3.8) is 0 Å². The van der Waals surface area contributed by atoms with Crippen LogP contribution in [0.3, 0.4) is 0 Å². The fourth-order valence-corrected chi connectivity index (χ4v) is 1.94. The second-order valence-electron chi connectivity index (χ2n) is 4.02. The molecular weight excluding hydrogens is 357 g/mol. The summed E-state index contributed by atoms with van der Waals surface area (Å²) in [5, 5.41) is 0. The van der Waals surface area contributed by atoms with Crippen molar-refractivity contribution in [1.29, 1.82) is 0 Å². The molecule has 0 radical (unpaired) electrons. The second kappa shape index (κ2) is 6.00. The smallest absolute Gasteiger partial charge is 0.230 e. The molecule has 19 heavy (non-hydrogen) atoms. The van der Waals surface area contributed by atoms with Gasteiger partial charge in [-0.05, 0) is 34.7 Å². The molecule has 7 heteroatoms. The van der Waals surface area contributed by atoms with Crippen LogP contribution in [-0.4, -0.2) is 29.0 Å². The predicted molar refractivity (Wildman–Crippen MR) is 82.1 cm³/mol. The summed E-state index contributed by atoms with van der Waals surface area (Å²) in [4.78, 5) is 14.1. The Morgan fingerprint density at radius 3 is 2.63 bits per heavy atom. The van der Waals surface area contributed by atoms with Crippen LogP contribution in [0.1, 0.15) is 5.82 Å². The number of aromatic nitrogens is 3. The molecule has 0 bridgehead atoms. The van der Waals surface area contributed by atoms with Crippen LogP contribution < -0.4 is 15.4 Å². The maximum absolute atomic E-state index is 5.68. The van der Waals surface area contributed by atoms with Crippen LogP contribution in [0.15, 0.2) is 24.3 Å². The molecule has 0 saturated heterocycles. The molecule has 100 valence electrons. The normalized spacial score (nSPS) is 10.3. The number of hydrogen-bond donors (Lipinski definition) is 1. The van der Waals surface area contributed by atoms with E-state index in [4.69, 9.17) is 10.5 Å². The Hall–Kier alpha value is -1.64. The summed E-state index contributed by atoms with van der Waals surface area (Å²) in [7, 11) is 3.69. The van der Waals surface area contributed by atoms with Crippen molar-refractivity contribution >= 4 is 34.5 Å². The van der Waals surface area contributed by atoms with Crippen LogP contribution >= 0.6 is 22.6 Å². The highest BCUT2D eigenvalue weighted by Crippen LogP contribution is 2.20. The largest absolute Gasteiger partial charge is 0.484 e. The van der Waals surface area contributed by atoms with Crippen molar-refractivity contribution in [3.8, 4) is 5.75 Å². The molecule has 6 nitrogen and oxygen atoms in total. The molecule has 1 heterocycles. The average Bonchev–Trinajstić information content (AvgIpc) is 2.37. The van der Waals surface area contributed by atoms with Crippen LogP contribution in [0, 0.1) is 3.57 Å². The molecule has 2 aromatic rings. The molecule has 2 N–H and O–H groups in total. The van der Waals surface area contributed by atoms with Crippen molar-refractivity contribution in [2.75, 3.05) is 24.7 Å². The average molecular weight is 371 g/mol. The molecule has 0 aliphatic carbocycles. The zero-order valence-corrected chi connectivity index (χ0v) is 12.8. The van der Waals surface area contributed by atoms with Gasteiger partial charge in [0, 0.05) is 14.1 Å². The number of nitrogens with zero attached hydrogens (tertiary/aromatic N) is 4. The molecular formula is C12H14IN5O. The summed E-state index contributed by atoms with van der Waals surface area (Å²) < 4.78 is 6.72. The molecule has 0 fully saturated rings. The summed E-state index contributed by atoms with van der Waals surface area (Å²) >= 11 is 2.22. The Morgan fingerprint density at radius 2 is 1.95 bits per heavy atom. The van der Waals surface area contributed by atoms with E-state index in [0.717, 1.165) is 9.32 Å². The number of anilines is 2. The summed E-state index contributed by atoms with van der Waals surface area (Å²) in [6.45, 7) is 0.258. The molecule has 1 aromatic heterocycles. The zero-order valence-electron chi connectivity index (χ0n) is 10.7. The molecule has 0 unspecified atom stereocenters. The lowest BCUT2D eigenvalue weighted by atomic mass is 10.3. The summed E-state index contributed by atoms with van der Waals surface area (Å²) in [6.07, 6.45) is 0. The Labute approximate surface area is 125 Å². The monoisotopic (exact) mass is 371 g/mol. The molecule has 0 aliphatic rings. The zero-order chi connectivity index (χ0) is 13.8. The first kappa shape index (κ1) is 13.8. The van der Waals surface area contributed by atoms with Gasteiger partial charge in [0.05, 0.1) is 3.57 Å². The third-order valence-electron chi connectivity index (χ3n) is 2.28. The van der Waals surface area contributed by atoms with Gasteiger partial charge in [0.1, 0.15) is 12.4 Å². The van der Waals surface area contributed by atoms with Crippen LogP contribution in [-0.2, 0) is 6.61 Å². The molecule has 0 aliphatic heterocycles. The number of ether oxygens (including phenoxy) is 1. The highest BCUT2D eigenvalue weighted by Gasteiger charge is 2.07. The Morgan fingerprint density at radius 1 is 1.21 bits per heavy atom. The van der Waals surface area contributed by atoms with Gasteiger partial charge in [-0.25, -0.2) is 0 Å². The molecule has 0 spiro atoms.